The lowest BCUT2D eigenvalue weighted by Crippen LogP contribution is -2.25. The Balaban J connectivity index is 2.09. The average Bonchev–Trinajstić information content (AvgIpc) is 2.35. The molecule has 84 valence electrons. The van der Waals surface area contributed by atoms with Crippen molar-refractivity contribution >= 4 is 17.4 Å². The van der Waals surface area contributed by atoms with E-state index in [1.54, 1.807) is 7.11 Å². The Hall–Kier alpha value is -1.34. The van der Waals surface area contributed by atoms with Crippen LogP contribution in [0.5, 0.6) is 5.75 Å². The van der Waals surface area contributed by atoms with Crippen molar-refractivity contribution in [1.82, 2.24) is 0 Å². The Morgan fingerprint density at radius 3 is 3.25 bits per heavy atom. The molecule has 0 saturated heterocycles. The molecule has 0 aromatic heterocycles. The summed E-state index contributed by atoms with van der Waals surface area (Å²) in [7, 11) is 1.67. The zero-order valence-electron chi connectivity index (χ0n) is 9.19. The van der Waals surface area contributed by atoms with Crippen molar-refractivity contribution < 1.29 is 4.74 Å². The van der Waals surface area contributed by atoms with E-state index in [1.165, 1.54) is 4.90 Å². The van der Waals surface area contributed by atoms with Crippen LogP contribution in [0.25, 0.3) is 0 Å². The van der Waals surface area contributed by atoms with Gasteiger partial charge in [0.05, 0.1) is 18.9 Å². The first-order valence-electron chi connectivity index (χ1n) is 5.28. The third-order valence-corrected chi connectivity index (χ3v) is 3.83. The molecule has 1 unspecified atom stereocenters. The van der Waals surface area contributed by atoms with E-state index < -0.39 is 0 Å². The molecule has 2 rings (SSSR count). The molecule has 4 heteroatoms. The Bertz CT molecular complexity index is 414. The van der Waals surface area contributed by atoms with Gasteiger partial charge in [-0.15, -0.1) is 11.8 Å². The second kappa shape index (κ2) is 5.13. The van der Waals surface area contributed by atoms with Crippen LogP contribution in [0.2, 0.25) is 0 Å². The van der Waals surface area contributed by atoms with Crippen molar-refractivity contribution in [2.45, 2.75) is 23.8 Å². The van der Waals surface area contributed by atoms with E-state index in [4.69, 9.17) is 10.00 Å². The minimum Gasteiger partial charge on any atom is -0.497 e. The number of benzene rings is 1. The van der Waals surface area contributed by atoms with Gasteiger partial charge in [0.1, 0.15) is 5.75 Å². The summed E-state index contributed by atoms with van der Waals surface area (Å²) in [4.78, 5) is 1.26. The number of nitrogens with zero attached hydrogens (tertiary/aromatic N) is 1. The van der Waals surface area contributed by atoms with Crippen LogP contribution in [0.15, 0.2) is 23.1 Å². The fourth-order valence-corrected chi connectivity index (χ4v) is 2.79. The molecule has 0 amide bonds. The van der Waals surface area contributed by atoms with Gasteiger partial charge in [-0.05, 0) is 18.6 Å². The van der Waals surface area contributed by atoms with E-state index in [1.807, 2.05) is 23.9 Å². The summed E-state index contributed by atoms with van der Waals surface area (Å²) >= 11 is 1.84. The zero-order chi connectivity index (χ0) is 11.4. The Kier molecular flexibility index (Phi) is 3.58. The first kappa shape index (κ1) is 11.2. The van der Waals surface area contributed by atoms with Crippen LogP contribution < -0.4 is 10.1 Å². The fourth-order valence-electron chi connectivity index (χ4n) is 1.72. The molecule has 1 atom stereocenters. The number of anilines is 1. The molecule has 1 heterocycles. The van der Waals surface area contributed by atoms with E-state index in [9.17, 15) is 0 Å². The van der Waals surface area contributed by atoms with Crippen molar-refractivity contribution in [2.75, 3.05) is 18.2 Å². The van der Waals surface area contributed by atoms with Gasteiger partial charge in [-0.25, -0.2) is 0 Å². The molecule has 1 aliphatic rings. The van der Waals surface area contributed by atoms with E-state index in [0.717, 1.165) is 23.6 Å². The SMILES string of the molecule is COc1ccc2c(c1)NC(CCC#N)CS2. The number of nitrogens with one attached hydrogen (secondary N) is 1. The van der Waals surface area contributed by atoms with Crippen molar-refractivity contribution in [3.05, 3.63) is 18.2 Å². The van der Waals surface area contributed by atoms with Crippen LogP contribution in [0.4, 0.5) is 5.69 Å². The molecule has 3 nitrogen and oxygen atoms in total. The van der Waals surface area contributed by atoms with Crippen LogP contribution in [0, 0.1) is 11.3 Å². The standard InChI is InChI=1S/C12H14N2OS/c1-15-10-4-5-12-11(7-10)14-9(8-16-12)3-2-6-13/h4-5,7,9,14H,2-3,8H2,1H3. The normalized spacial score (nSPS) is 18.1. The summed E-state index contributed by atoms with van der Waals surface area (Å²) in [6, 6.07) is 8.65. The van der Waals surface area contributed by atoms with E-state index >= 15 is 0 Å². The zero-order valence-corrected chi connectivity index (χ0v) is 10.0. The highest BCUT2D eigenvalue weighted by Crippen LogP contribution is 2.36. The molecule has 1 aromatic carbocycles. The maximum atomic E-state index is 8.57. The maximum Gasteiger partial charge on any atom is 0.121 e. The predicted octanol–water partition coefficient (Wildman–Crippen LogP) is 2.89. The van der Waals surface area contributed by atoms with Crippen LogP contribution >= 0.6 is 11.8 Å². The third kappa shape index (κ3) is 2.42. The van der Waals surface area contributed by atoms with Gasteiger partial charge in [0.15, 0.2) is 0 Å². The molecule has 0 aliphatic carbocycles. The highest BCUT2D eigenvalue weighted by atomic mass is 32.2. The first-order valence-corrected chi connectivity index (χ1v) is 6.26. The first-order chi connectivity index (χ1) is 7.83. The molecule has 16 heavy (non-hydrogen) atoms. The topological polar surface area (TPSA) is 45.0 Å². The van der Waals surface area contributed by atoms with Gasteiger partial charge in [-0.3, -0.25) is 0 Å². The summed E-state index contributed by atoms with van der Waals surface area (Å²) in [5.41, 5.74) is 1.12. The number of nitriles is 1. The summed E-state index contributed by atoms with van der Waals surface area (Å²) in [6.07, 6.45) is 1.51. The van der Waals surface area contributed by atoms with Crippen LogP contribution in [0.3, 0.4) is 0 Å². The lowest BCUT2D eigenvalue weighted by atomic mass is 10.1. The van der Waals surface area contributed by atoms with Crippen molar-refractivity contribution in [1.29, 1.82) is 5.26 Å². The lowest BCUT2D eigenvalue weighted by Gasteiger charge is -2.26. The fraction of sp³-hybridized carbons (Fsp3) is 0.417. The van der Waals surface area contributed by atoms with Gasteiger partial charge in [-0.1, -0.05) is 0 Å². The second-order valence-electron chi connectivity index (χ2n) is 3.71. The summed E-state index contributed by atoms with van der Waals surface area (Å²) < 4.78 is 5.20. The van der Waals surface area contributed by atoms with E-state index in [-0.39, 0.29) is 0 Å². The largest absolute Gasteiger partial charge is 0.497 e. The third-order valence-electron chi connectivity index (χ3n) is 2.59. The summed E-state index contributed by atoms with van der Waals surface area (Å²) in [5.74, 6) is 1.90. The molecular weight excluding hydrogens is 220 g/mol. The van der Waals surface area contributed by atoms with E-state index in [2.05, 4.69) is 17.5 Å². The number of rotatable bonds is 3. The Labute approximate surface area is 99.8 Å². The summed E-state index contributed by atoms with van der Waals surface area (Å²) in [6.45, 7) is 0. The van der Waals surface area contributed by atoms with Gasteiger partial charge < -0.3 is 10.1 Å². The predicted molar refractivity (Wildman–Crippen MR) is 66.0 cm³/mol. The second-order valence-corrected chi connectivity index (χ2v) is 4.77. The van der Waals surface area contributed by atoms with Crippen molar-refractivity contribution in [3.8, 4) is 11.8 Å². The number of hydrogen-bond donors (Lipinski definition) is 1. The molecule has 0 saturated carbocycles. The van der Waals surface area contributed by atoms with Gasteiger partial charge in [0.2, 0.25) is 0 Å². The van der Waals surface area contributed by atoms with Crippen LogP contribution in [0.1, 0.15) is 12.8 Å². The van der Waals surface area contributed by atoms with E-state index in [0.29, 0.717) is 12.5 Å². The average molecular weight is 234 g/mol. The monoisotopic (exact) mass is 234 g/mol. The lowest BCUT2D eigenvalue weighted by molar-refractivity contribution is 0.414. The Morgan fingerprint density at radius 1 is 1.62 bits per heavy atom. The molecule has 1 N–H and O–H groups in total. The molecule has 0 bridgehead atoms. The van der Waals surface area contributed by atoms with Crippen molar-refractivity contribution in [3.63, 3.8) is 0 Å². The molecule has 0 radical (unpaired) electrons. The van der Waals surface area contributed by atoms with Gasteiger partial charge in [0, 0.05) is 29.2 Å². The Morgan fingerprint density at radius 2 is 2.50 bits per heavy atom. The molecule has 1 aromatic rings. The highest BCUT2D eigenvalue weighted by molar-refractivity contribution is 7.99. The van der Waals surface area contributed by atoms with Crippen LogP contribution in [-0.4, -0.2) is 18.9 Å². The maximum absolute atomic E-state index is 8.57. The molecule has 0 fully saturated rings. The minimum absolute atomic E-state index is 0.393. The molecule has 1 aliphatic heterocycles. The number of thioether (sulfide) groups is 1. The minimum atomic E-state index is 0.393. The highest BCUT2D eigenvalue weighted by Gasteiger charge is 2.18. The number of hydrogen-bond acceptors (Lipinski definition) is 4. The molecular formula is C12H14N2OS. The van der Waals surface area contributed by atoms with Crippen molar-refractivity contribution in [2.24, 2.45) is 0 Å². The van der Waals surface area contributed by atoms with Crippen LogP contribution in [-0.2, 0) is 0 Å². The quantitative estimate of drug-likeness (QED) is 0.873. The number of methoxy groups -OCH3 is 1. The smallest absolute Gasteiger partial charge is 0.121 e. The van der Waals surface area contributed by atoms with Gasteiger partial charge >= 0.3 is 0 Å². The molecule has 0 spiro atoms. The number of ether oxygens (including phenoxy) is 1. The summed E-state index contributed by atoms with van der Waals surface area (Å²) in [5, 5.41) is 12.0. The van der Waals surface area contributed by atoms with Gasteiger partial charge in [0.25, 0.3) is 0 Å². The van der Waals surface area contributed by atoms with Gasteiger partial charge in [-0.2, -0.15) is 5.26 Å². The number of fused-ring (bicyclic) bond motifs is 1.